The van der Waals surface area contributed by atoms with Crippen LogP contribution in [0.3, 0.4) is 0 Å². The Morgan fingerprint density at radius 2 is 2.33 bits per heavy atom. The first-order chi connectivity index (χ1) is 5.75. The lowest BCUT2D eigenvalue weighted by atomic mass is 10.1. The number of nitrogens with zero attached hydrogens (tertiary/aromatic N) is 3. The molecule has 0 atom stereocenters. The molecule has 0 unspecified atom stereocenters. The molecule has 12 heavy (non-hydrogen) atoms. The van der Waals surface area contributed by atoms with E-state index in [4.69, 9.17) is 0 Å². The van der Waals surface area contributed by atoms with E-state index in [1.165, 1.54) is 11.3 Å². The van der Waals surface area contributed by atoms with Gasteiger partial charge in [-0.05, 0) is 14.0 Å². The van der Waals surface area contributed by atoms with Gasteiger partial charge in [0.05, 0.1) is 0 Å². The fourth-order valence-corrected chi connectivity index (χ4v) is 1.56. The smallest absolute Gasteiger partial charge is 0.125 e. The molecule has 0 aliphatic carbocycles. The normalized spacial score (nSPS) is 17.5. The Balaban J connectivity index is 2.37. The molecular weight excluding hydrogens is 150 g/mol. The van der Waals surface area contributed by atoms with Crippen LogP contribution >= 0.6 is 0 Å². The number of hydrogen-bond acceptors (Lipinski definition) is 3. The van der Waals surface area contributed by atoms with Gasteiger partial charge < -0.3 is 4.90 Å². The van der Waals surface area contributed by atoms with Crippen LogP contribution < -0.4 is 0 Å². The molecule has 0 spiro atoms. The van der Waals surface area contributed by atoms with E-state index in [0.717, 1.165) is 25.3 Å². The standard InChI is InChI=1S/C9H13N3/c1-7-10-5-8-6-12(2)4-3-9(8)11-7/h5H,3-4,6H2,1-2H3. The van der Waals surface area contributed by atoms with Crippen molar-refractivity contribution >= 4 is 0 Å². The lowest BCUT2D eigenvalue weighted by Gasteiger charge is -2.23. The molecule has 0 saturated carbocycles. The molecule has 1 aliphatic heterocycles. The van der Waals surface area contributed by atoms with Crippen molar-refractivity contribution in [2.75, 3.05) is 13.6 Å². The average Bonchev–Trinajstić information content (AvgIpc) is 2.05. The van der Waals surface area contributed by atoms with Gasteiger partial charge in [0.15, 0.2) is 0 Å². The first kappa shape index (κ1) is 7.68. The van der Waals surface area contributed by atoms with E-state index in [0.29, 0.717) is 0 Å². The summed E-state index contributed by atoms with van der Waals surface area (Å²) in [6.07, 6.45) is 3.02. The van der Waals surface area contributed by atoms with Gasteiger partial charge in [0.1, 0.15) is 5.82 Å². The van der Waals surface area contributed by atoms with Gasteiger partial charge in [-0.1, -0.05) is 0 Å². The summed E-state index contributed by atoms with van der Waals surface area (Å²) in [5.74, 6) is 0.887. The number of aryl methyl sites for hydroxylation is 1. The molecular formula is C9H13N3. The maximum absolute atomic E-state index is 4.41. The van der Waals surface area contributed by atoms with Crippen LogP contribution in [0.4, 0.5) is 0 Å². The monoisotopic (exact) mass is 163 g/mol. The molecule has 0 bridgehead atoms. The van der Waals surface area contributed by atoms with Gasteiger partial charge in [-0.3, -0.25) is 0 Å². The van der Waals surface area contributed by atoms with Crippen LogP contribution in [0.5, 0.6) is 0 Å². The van der Waals surface area contributed by atoms with E-state index in [1.54, 1.807) is 0 Å². The zero-order valence-electron chi connectivity index (χ0n) is 7.54. The number of aromatic nitrogens is 2. The summed E-state index contributed by atoms with van der Waals surface area (Å²) >= 11 is 0. The van der Waals surface area contributed by atoms with Crippen LogP contribution in [0.25, 0.3) is 0 Å². The molecule has 3 nitrogen and oxygen atoms in total. The third kappa shape index (κ3) is 1.32. The van der Waals surface area contributed by atoms with Gasteiger partial charge in [-0.25, -0.2) is 9.97 Å². The summed E-state index contributed by atoms with van der Waals surface area (Å²) in [4.78, 5) is 10.9. The summed E-state index contributed by atoms with van der Waals surface area (Å²) in [6.45, 7) is 4.05. The fraction of sp³-hybridized carbons (Fsp3) is 0.556. The quantitative estimate of drug-likeness (QED) is 0.565. The molecule has 0 N–H and O–H groups in total. The minimum atomic E-state index is 0.887. The highest BCUT2D eigenvalue weighted by atomic mass is 15.1. The molecule has 3 heteroatoms. The maximum Gasteiger partial charge on any atom is 0.125 e. The second-order valence-corrected chi connectivity index (χ2v) is 3.38. The first-order valence-electron chi connectivity index (χ1n) is 4.25. The Hall–Kier alpha value is -0.960. The first-order valence-corrected chi connectivity index (χ1v) is 4.25. The molecule has 2 rings (SSSR count). The van der Waals surface area contributed by atoms with Gasteiger partial charge in [-0.2, -0.15) is 0 Å². The van der Waals surface area contributed by atoms with Crippen LogP contribution in [-0.4, -0.2) is 28.5 Å². The lowest BCUT2D eigenvalue weighted by Crippen LogP contribution is -2.27. The van der Waals surface area contributed by atoms with E-state index in [2.05, 4.69) is 21.9 Å². The highest BCUT2D eigenvalue weighted by molar-refractivity contribution is 5.19. The lowest BCUT2D eigenvalue weighted by molar-refractivity contribution is 0.308. The number of rotatable bonds is 0. The summed E-state index contributed by atoms with van der Waals surface area (Å²) in [6, 6.07) is 0. The van der Waals surface area contributed by atoms with Gasteiger partial charge in [-0.15, -0.1) is 0 Å². The van der Waals surface area contributed by atoms with Crippen molar-refractivity contribution in [1.29, 1.82) is 0 Å². The predicted octanol–water partition coefficient (Wildman–Crippen LogP) is 0.773. The van der Waals surface area contributed by atoms with Crippen LogP contribution in [0.1, 0.15) is 17.1 Å². The third-order valence-corrected chi connectivity index (χ3v) is 2.25. The second kappa shape index (κ2) is 2.83. The van der Waals surface area contributed by atoms with E-state index >= 15 is 0 Å². The molecule has 0 aromatic carbocycles. The Kier molecular flexibility index (Phi) is 1.81. The molecule has 64 valence electrons. The van der Waals surface area contributed by atoms with Crippen molar-refractivity contribution < 1.29 is 0 Å². The van der Waals surface area contributed by atoms with E-state index < -0.39 is 0 Å². The van der Waals surface area contributed by atoms with Gasteiger partial charge in [0, 0.05) is 37.0 Å². The topological polar surface area (TPSA) is 29.0 Å². The van der Waals surface area contributed by atoms with Crippen molar-refractivity contribution in [1.82, 2.24) is 14.9 Å². The zero-order chi connectivity index (χ0) is 8.55. The maximum atomic E-state index is 4.41. The molecule has 0 amide bonds. The van der Waals surface area contributed by atoms with Gasteiger partial charge >= 0.3 is 0 Å². The molecule has 2 heterocycles. The Morgan fingerprint density at radius 1 is 1.50 bits per heavy atom. The second-order valence-electron chi connectivity index (χ2n) is 3.38. The third-order valence-electron chi connectivity index (χ3n) is 2.25. The largest absolute Gasteiger partial charge is 0.302 e. The van der Waals surface area contributed by atoms with E-state index in [-0.39, 0.29) is 0 Å². The SMILES string of the molecule is Cc1ncc2c(n1)CCN(C)C2. The summed E-state index contributed by atoms with van der Waals surface area (Å²) in [5.41, 5.74) is 2.52. The van der Waals surface area contributed by atoms with Crippen molar-refractivity contribution in [2.24, 2.45) is 0 Å². The van der Waals surface area contributed by atoms with E-state index in [1.807, 2.05) is 13.1 Å². The Bertz CT molecular complexity index is 296. The minimum Gasteiger partial charge on any atom is -0.302 e. The van der Waals surface area contributed by atoms with Crippen molar-refractivity contribution in [3.8, 4) is 0 Å². The van der Waals surface area contributed by atoms with Crippen molar-refractivity contribution in [2.45, 2.75) is 19.9 Å². The van der Waals surface area contributed by atoms with E-state index in [9.17, 15) is 0 Å². The Morgan fingerprint density at radius 3 is 3.17 bits per heavy atom. The highest BCUT2D eigenvalue weighted by Crippen LogP contribution is 2.14. The highest BCUT2D eigenvalue weighted by Gasteiger charge is 2.13. The van der Waals surface area contributed by atoms with Crippen molar-refractivity contribution in [3.63, 3.8) is 0 Å². The number of likely N-dealkylation sites (N-methyl/N-ethyl adjacent to an activating group) is 1. The zero-order valence-corrected chi connectivity index (χ0v) is 7.54. The summed E-state index contributed by atoms with van der Waals surface area (Å²) in [7, 11) is 2.13. The van der Waals surface area contributed by atoms with Crippen LogP contribution in [0.15, 0.2) is 6.20 Å². The summed E-state index contributed by atoms with van der Waals surface area (Å²) < 4.78 is 0. The fourth-order valence-electron chi connectivity index (χ4n) is 1.56. The molecule has 1 aromatic rings. The molecule has 1 aliphatic rings. The van der Waals surface area contributed by atoms with Gasteiger partial charge in [0.25, 0.3) is 0 Å². The van der Waals surface area contributed by atoms with Gasteiger partial charge in [0.2, 0.25) is 0 Å². The predicted molar refractivity (Wildman–Crippen MR) is 46.8 cm³/mol. The Labute approximate surface area is 72.4 Å². The average molecular weight is 163 g/mol. The van der Waals surface area contributed by atoms with Crippen LogP contribution in [0.2, 0.25) is 0 Å². The molecule has 0 radical (unpaired) electrons. The minimum absolute atomic E-state index is 0.887. The molecule has 0 saturated heterocycles. The molecule has 1 aromatic heterocycles. The number of fused-ring (bicyclic) bond motifs is 1. The van der Waals surface area contributed by atoms with Crippen molar-refractivity contribution in [3.05, 3.63) is 23.3 Å². The van der Waals surface area contributed by atoms with Crippen LogP contribution in [0, 0.1) is 6.92 Å². The summed E-state index contributed by atoms with van der Waals surface area (Å²) in [5, 5.41) is 0. The molecule has 0 fully saturated rings. The van der Waals surface area contributed by atoms with Crippen LogP contribution in [-0.2, 0) is 13.0 Å². The number of hydrogen-bond donors (Lipinski definition) is 0.